The molecule has 0 spiro atoms. The van der Waals surface area contributed by atoms with Crippen molar-refractivity contribution in [2.45, 2.75) is 0 Å². The van der Waals surface area contributed by atoms with Gasteiger partial charge in [0.25, 0.3) is 0 Å². The molecule has 4 rings (SSSR count). The Balaban J connectivity index is 1.99. The first-order valence-electron chi connectivity index (χ1n) is 6.62. The van der Waals surface area contributed by atoms with Crippen LogP contribution in [0.5, 0.6) is 0 Å². The van der Waals surface area contributed by atoms with Crippen molar-refractivity contribution in [2.24, 2.45) is 0 Å². The van der Waals surface area contributed by atoms with Crippen molar-refractivity contribution in [3.05, 3.63) is 72.9 Å². The zero-order valence-electron chi connectivity index (χ0n) is 10.8. The Bertz CT molecular complexity index is 899. The van der Waals surface area contributed by atoms with Crippen LogP contribution in [0.4, 0.5) is 0 Å². The summed E-state index contributed by atoms with van der Waals surface area (Å²) >= 11 is 0. The van der Waals surface area contributed by atoms with Gasteiger partial charge in [-0.3, -0.25) is 4.98 Å². The van der Waals surface area contributed by atoms with Crippen molar-refractivity contribution < 1.29 is 0 Å². The molecule has 4 aromatic rings. The molecule has 0 bridgehead atoms. The molecule has 0 aliphatic carbocycles. The summed E-state index contributed by atoms with van der Waals surface area (Å²) < 4.78 is 0. The minimum atomic E-state index is 0.935. The van der Waals surface area contributed by atoms with Gasteiger partial charge in [0, 0.05) is 16.3 Å². The molecule has 2 aromatic heterocycles. The number of nitrogens with zero attached hydrogens (tertiary/aromatic N) is 2. The number of pyridine rings is 2. The molecule has 0 atom stereocenters. The largest absolute Gasteiger partial charge is 0.254 e. The topological polar surface area (TPSA) is 25.8 Å². The van der Waals surface area contributed by atoms with Gasteiger partial charge in [0.05, 0.1) is 22.9 Å². The number of rotatable bonds is 1. The van der Waals surface area contributed by atoms with Crippen molar-refractivity contribution in [1.82, 2.24) is 9.97 Å². The number of hydrogen-bond donors (Lipinski definition) is 0. The van der Waals surface area contributed by atoms with Crippen LogP contribution in [-0.4, -0.2) is 9.97 Å². The lowest BCUT2D eigenvalue weighted by molar-refractivity contribution is 1.35. The Morgan fingerprint density at radius 1 is 0.600 bits per heavy atom. The van der Waals surface area contributed by atoms with E-state index < -0.39 is 0 Å². The summed E-state index contributed by atoms with van der Waals surface area (Å²) in [6.45, 7) is 0. The third-order valence-corrected chi connectivity index (χ3v) is 3.51. The molecule has 0 saturated heterocycles. The fourth-order valence-electron chi connectivity index (χ4n) is 2.52. The van der Waals surface area contributed by atoms with Crippen LogP contribution in [0, 0.1) is 0 Å². The van der Waals surface area contributed by atoms with Crippen LogP contribution in [0.1, 0.15) is 0 Å². The number of benzene rings is 2. The van der Waals surface area contributed by atoms with E-state index in [0.29, 0.717) is 0 Å². The van der Waals surface area contributed by atoms with Gasteiger partial charge in [-0.1, -0.05) is 48.5 Å². The summed E-state index contributed by atoms with van der Waals surface area (Å²) in [5, 5.41) is 2.30. The molecule has 20 heavy (non-hydrogen) atoms. The highest BCUT2D eigenvalue weighted by Crippen LogP contribution is 2.25. The smallest absolute Gasteiger partial charge is 0.0899 e. The van der Waals surface area contributed by atoms with Crippen molar-refractivity contribution in [1.29, 1.82) is 0 Å². The summed E-state index contributed by atoms with van der Waals surface area (Å²) in [4.78, 5) is 9.21. The Morgan fingerprint density at radius 3 is 2.25 bits per heavy atom. The summed E-state index contributed by atoms with van der Waals surface area (Å²) in [7, 11) is 0. The van der Waals surface area contributed by atoms with Gasteiger partial charge in [-0.05, 0) is 18.2 Å². The molecule has 2 heteroatoms. The predicted octanol–water partition coefficient (Wildman–Crippen LogP) is 4.45. The Kier molecular flexibility index (Phi) is 2.46. The monoisotopic (exact) mass is 256 g/mol. The average molecular weight is 256 g/mol. The SMILES string of the molecule is c1ccc(-c2ccc3c(cnc4ccccc43)n2)cc1. The van der Waals surface area contributed by atoms with Crippen molar-refractivity contribution in [2.75, 3.05) is 0 Å². The normalized spacial score (nSPS) is 11.0. The van der Waals surface area contributed by atoms with E-state index in [1.165, 1.54) is 0 Å². The van der Waals surface area contributed by atoms with Gasteiger partial charge < -0.3 is 0 Å². The van der Waals surface area contributed by atoms with Gasteiger partial charge >= 0.3 is 0 Å². The van der Waals surface area contributed by atoms with E-state index in [0.717, 1.165) is 33.1 Å². The second kappa shape index (κ2) is 4.42. The van der Waals surface area contributed by atoms with E-state index in [9.17, 15) is 0 Å². The molecule has 0 fully saturated rings. The van der Waals surface area contributed by atoms with Crippen LogP contribution in [0.25, 0.3) is 33.1 Å². The van der Waals surface area contributed by atoms with E-state index >= 15 is 0 Å². The van der Waals surface area contributed by atoms with Crippen LogP contribution in [0.15, 0.2) is 72.9 Å². The first-order chi connectivity index (χ1) is 9.92. The van der Waals surface area contributed by atoms with Gasteiger partial charge in [-0.25, -0.2) is 4.98 Å². The molecule has 94 valence electrons. The zero-order chi connectivity index (χ0) is 13.4. The molecule has 0 radical (unpaired) electrons. The second-order valence-corrected chi connectivity index (χ2v) is 4.77. The van der Waals surface area contributed by atoms with E-state index in [1.807, 2.05) is 42.6 Å². The molecule has 0 unspecified atom stereocenters. The maximum absolute atomic E-state index is 4.73. The number of aromatic nitrogens is 2. The molecule has 0 aliphatic heterocycles. The third-order valence-electron chi connectivity index (χ3n) is 3.51. The molecule has 2 nitrogen and oxygen atoms in total. The summed E-state index contributed by atoms with van der Waals surface area (Å²) in [5.41, 5.74) is 4.05. The Morgan fingerprint density at radius 2 is 1.35 bits per heavy atom. The Labute approximate surface area is 116 Å². The van der Waals surface area contributed by atoms with Gasteiger partial charge in [-0.2, -0.15) is 0 Å². The summed E-state index contributed by atoms with van der Waals surface area (Å²) in [6.07, 6.45) is 1.85. The van der Waals surface area contributed by atoms with Crippen molar-refractivity contribution >= 4 is 21.8 Å². The van der Waals surface area contributed by atoms with Crippen molar-refractivity contribution in [3.63, 3.8) is 0 Å². The standard InChI is InChI=1S/C18H12N2/c1-2-6-13(7-3-1)16-11-10-15-14-8-4-5-9-17(14)19-12-18(15)20-16/h1-12H. The van der Waals surface area contributed by atoms with Crippen LogP contribution >= 0.6 is 0 Å². The number of fused-ring (bicyclic) bond motifs is 3. The fourth-order valence-corrected chi connectivity index (χ4v) is 2.52. The van der Waals surface area contributed by atoms with Gasteiger partial charge in [-0.15, -0.1) is 0 Å². The Hall–Kier alpha value is -2.74. The van der Waals surface area contributed by atoms with Gasteiger partial charge in [0.15, 0.2) is 0 Å². The van der Waals surface area contributed by atoms with Gasteiger partial charge in [0.2, 0.25) is 0 Å². The van der Waals surface area contributed by atoms with Crippen LogP contribution in [-0.2, 0) is 0 Å². The molecular weight excluding hydrogens is 244 g/mol. The second-order valence-electron chi connectivity index (χ2n) is 4.77. The highest BCUT2D eigenvalue weighted by atomic mass is 14.7. The first kappa shape index (κ1) is 11.1. The first-order valence-corrected chi connectivity index (χ1v) is 6.62. The lowest BCUT2D eigenvalue weighted by Gasteiger charge is -2.05. The maximum atomic E-state index is 4.73. The average Bonchev–Trinajstić information content (AvgIpc) is 2.55. The molecule has 2 aromatic carbocycles. The minimum absolute atomic E-state index is 0.935. The van der Waals surface area contributed by atoms with E-state index in [1.54, 1.807) is 0 Å². The quantitative estimate of drug-likeness (QED) is 0.470. The van der Waals surface area contributed by atoms with Crippen molar-refractivity contribution in [3.8, 4) is 11.3 Å². The van der Waals surface area contributed by atoms with E-state index in [4.69, 9.17) is 4.98 Å². The predicted molar refractivity (Wildman–Crippen MR) is 82.5 cm³/mol. The maximum Gasteiger partial charge on any atom is 0.0899 e. The van der Waals surface area contributed by atoms with E-state index in [2.05, 4.69) is 35.3 Å². The van der Waals surface area contributed by atoms with Gasteiger partial charge in [0.1, 0.15) is 0 Å². The molecule has 0 N–H and O–H groups in total. The zero-order valence-corrected chi connectivity index (χ0v) is 10.8. The summed E-state index contributed by atoms with van der Waals surface area (Å²) in [5.74, 6) is 0. The lowest BCUT2D eigenvalue weighted by atomic mass is 10.1. The minimum Gasteiger partial charge on any atom is -0.254 e. The number of para-hydroxylation sites is 1. The molecule has 2 heterocycles. The van der Waals surface area contributed by atoms with E-state index in [-0.39, 0.29) is 0 Å². The lowest BCUT2D eigenvalue weighted by Crippen LogP contribution is -1.88. The highest BCUT2D eigenvalue weighted by molar-refractivity contribution is 6.04. The molecule has 0 saturated carbocycles. The number of hydrogen-bond acceptors (Lipinski definition) is 2. The van der Waals surface area contributed by atoms with Crippen LogP contribution in [0.3, 0.4) is 0 Å². The molecular formula is C18H12N2. The third kappa shape index (κ3) is 1.74. The molecule has 0 amide bonds. The summed E-state index contributed by atoms with van der Waals surface area (Å²) in [6, 6.07) is 22.6. The fraction of sp³-hybridized carbons (Fsp3) is 0. The highest BCUT2D eigenvalue weighted by Gasteiger charge is 2.04. The molecule has 0 aliphatic rings. The van der Waals surface area contributed by atoms with Crippen LogP contribution < -0.4 is 0 Å². The van der Waals surface area contributed by atoms with Crippen LogP contribution in [0.2, 0.25) is 0 Å².